The van der Waals surface area contributed by atoms with Gasteiger partial charge < -0.3 is 4.74 Å². The summed E-state index contributed by atoms with van der Waals surface area (Å²) in [6.45, 7) is 0. The molecule has 1 aromatic heterocycles. The molecule has 0 saturated heterocycles. The fourth-order valence-corrected chi connectivity index (χ4v) is 3.19. The number of sulfonamides is 1. The van der Waals surface area contributed by atoms with Crippen molar-refractivity contribution in [3.8, 4) is 11.8 Å². The fraction of sp³-hybridized carbons (Fsp3) is 0.0588. The summed E-state index contributed by atoms with van der Waals surface area (Å²) in [6, 6.07) is 18.2. The highest BCUT2D eigenvalue weighted by molar-refractivity contribution is 7.91. The first kappa shape index (κ1) is 15.9. The predicted octanol–water partition coefficient (Wildman–Crippen LogP) is 3.21. The summed E-state index contributed by atoms with van der Waals surface area (Å²) < 4.78 is 32.2. The normalized spacial score (nSPS) is 11.0. The van der Waals surface area contributed by atoms with E-state index >= 15 is 0 Å². The first-order valence-corrected chi connectivity index (χ1v) is 8.85. The van der Waals surface area contributed by atoms with Crippen molar-refractivity contribution >= 4 is 15.7 Å². The molecular formula is C17H15N3O3S. The van der Waals surface area contributed by atoms with Crippen molar-refractivity contribution in [1.82, 2.24) is 9.97 Å². The summed E-state index contributed by atoms with van der Waals surface area (Å²) in [5.41, 5.74) is 0.987. The quantitative estimate of drug-likeness (QED) is 0.744. The standard InChI is InChI=1S/C17H15N3O3S/c21-24(22,13-14-7-3-1-4-8-14)20-15-11-18-17(19-12-15)23-16-9-5-2-6-10-16/h1-12,20H,13H2. The van der Waals surface area contributed by atoms with E-state index < -0.39 is 10.0 Å². The third-order valence-corrected chi connectivity index (χ3v) is 4.31. The average Bonchev–Trinajstić information content (AvgIpc) is 2.58. The molecule has 1 heterocycles. The molecule has 0 bridgehead atoms. The van der Waals surface area contributed by atoms with Crippen LogP contribution in [0, 0.1) is 0 Å². The maximum absolute atomic E-state index is 12.1. The van der Waals surface area contributed by atoms with E-state index in [-0.39, 0.29) is 17.5 Å². The van der Waals surface area contributed by atoms with Crippen LogP contribution in [0.4, 0.5) is 5.69 Å². The van der Waals surface area contributed by atoms with Gasteiger partial charge in [0.05, 0.1) is 23.8 Å². The molecular weight excluding hydrogens is 326 g/mol. The Hall–Kier alpha value is -2.93. The van der Waals surface area contributed by atoms with Crippen molar-refractivity contribution in [2.75, 3.05) is 4.72 Å². The predicted molar refractivity (Wildman–Crippen MR) is 91.2 cm³/mol. The average molecular weight is 341 g/mol. The van der Waals surface area contributed by atoms with E-state index in [1.807, 2.05) is 24.3 Å². The van der Waals surface area contributed by atoms with Crippen LogP contribution in [0.2, 0.25) is 0 Å². The minimum atomic E-state index is -3.53. The topological polar surface area (TPSA) is 81.2 Å². The molecule has 0 saturated carbocycles. The second-order valence-electron chi connectivity index (χ2n) is 5.02. The maximum atomic E-state index is 12.1. The van der Waals surface area contributed by atoms with Crippen LogP contribution >= 0.6 is 0 Å². The largest absolute Gasteiger partial charge is 0.424 e. The molecule has 3 rings (SSSR count). The molecule has 1 N–H and O–H groups in total. The third kappa shape index (κ3) is 4.53. The van der Waals surface area contributed by atoms with E-state index in [1.54, 1.807) is 36.4 Å². The van der Waals surface area contributed by atoms with Gasteiger partial charge in [-0.15, -0.1) is 0 Å². The number of hydrogen-bond acceptors (Lipinski definition) is 5. The number of rotatable bonds is 6. The number of benzene rings is 2. The lowest BCUT2D eigenvalue weighted by molar-refractivity contribution is 0.442. The number of anilines is 1. The van der Waals surface area contributed by atoms with Gasteiger partial charge in [0.25, 0.3) is 0 Å². The molecule has 0 atom stereocenters. The van der Waals surface area contributed by atoms with Gasteiger partial charge in [0, 0.05) is 0 Å². The number of nitrogens with one attached hydrogen (secondary N) is 1. The molecule has 0 aliphatic heterocycles. The minimum Gasteiger partial charge on any atom is -0.424 e. The van der Waals surface area contributed by atoms with Crippen LogP contribution in [-0.2, 0) is 15.8 Å². The summed E-state index contributed by atoms with van der Waals surface area (Å²) in [7, 11) is -3.53. The zero-order valence-electron chi connectivity index (χ0n) is 12.7. The highest BCUT2D eigenvalue weighted by atomic mass is 32.2. The van der Waals surface area contributed by atoms with E-state index in [0.717, 1.165) is 0 Å². The third-order valence-electron chi connectivity index (χ3n) is 3.05. The molecule has 24 heavy (non-hydrogen) atoms. The molecule has 0 fully saturated rings. The Bertz CT molecular complexity index is 883. The van der Waals surface area contributed by atoms with Gasteiger partial charge in [-0.05, 0) is 17.7 Å². The van der Waals surface area contributed by atoms with E-state index in [1.165, 1.54) is 12.4 Å². The molecule has 3 aromatic rings. The highest BCUT2D eigenvalue weighted by Gasteiger charge is 2.12. The van der Waals surface area contributed by atoms with Gasteiger partial charge in [-0.2, -0.15) is 0 Å². The summed E-state index contributed by atoms with van der Waals surface area (Å²) in [5.74, 6) is 0.491. The van der Waals surface area contributed by atoms with Crippen LogP contribution in [0.25, 0.3) is 0 Å². The zero-order chi connectivity index (χ0) is 16.8. The van der Waals surface area contributed by atoms with Crippen molar-refractivity contribution in [3.05, 3.63) is 78.6 Å². The molecule has 0 spiro atoms. The van der Waals surface area contributed by atoms with E-state index in [9.17, 15) is 8.42 Å². The molecule has 0 amide bonds. The van der Waals surface area contributed by atoms with Crippen molar-refractivity contribution in [2.24, 2.45) is 0 Å². The Morgan fingerprint density at radius 3 is 2.08 bits per heavy atom. The summed E-state index contributed by atoms with van der Waals surface area (Å²) >= 11 is 0. The van der Waals surface area contributed by atoms with Gasteiger partial charge >= 0.3 is 6.01 Å². The van der Waals surface area contributed by atoms with Crippen molar-refractivity contribution in [3.63, 3.8) is 0 Å². The zero-order valence-corrected chi connectivity index (χ0v) is 13.5. The van der Waals surface area contributed by atoms with Gasteiger partial charge in [-0.25, -0.2) is 18.4 Å². The van der Waals surface area contributed by atoms with Crippen LogP contribution in [0.1, 0.15) is 5.56 Å². The Kier molecular flexibility index (Phi) is 4.72. The van der Waals surface area contributed by atoms with Gasteiger partial charge in [0.15, 0.2) is 0 Å². The van der Waals surface area contributed by atoms with Crippen LogP contribution in [0.3, 0.4) is 0 Å². The number of hydrogen-bond donors (Lipinski definition) is 1. The fourth-order valence-electron chi connectivity index (χ4n) is 2.02. The second-order valence-corrected chi connectivity index (χ2v) is 6.74. The Labute approximate surface area is 140 Å². The number of aromatic nitrogens is 2. The maximum Gasteiger partial charge on any atom is 0.322 e. The van der Waals surface area contributed by atoms with Crippen LogP contribution in [-0.4, -0.2) is 18.4 Å². The first-order chi connectivity index (χ1) is 11.6. The summed E-state index contributed by atoms with van der Waals surface area (Å²) in [5, 5.41) is 0. The molecule has 7 heteroatoms. The van der Waals surface area contributed by atoms with E-state index in [2.05, 4.69) is 14.7 Å². The summed E-state index contributed by atoms with van der Waals surface area (Å²) in [4.78, 5) is 8.01. The van der Waals surface area contributed by atoms with Gasteiger partial charge in [-0.3, -0.25) is 4.72 Å². The van der Waals surface area contributed by atoms with Crippen LogP contribution in [0.5, 0.6) is 11.8 Å². The Morgan fingerprint density at radius 1 is 0.875 bits per heavy atom. The lowest BCUT2D eigenvalue weighted by Crippen LogP contribution is -2.15. The molecule has 2 aromatic carbocycles. The Balaban J connectivity index is 1.65. The molecule has 0 radical (unpaired) electrons. The lowest BCUT2D eigenvalue weighted by Gasteiger charge is -2.08. The SMILES string of the molecule is O=S(=O)(Cc1ccccc1)Nc1cnc(Oc2ccccc2)nc1. The van der Waals surface area contributed by atoms with E-state index in [4.69, 9.17) is 4.74 Å². The molecule has 6 nitrogen and oxygen atoms in total. The van der Waals surface area contributed by atoms with E-state index in [0.29, 0.717) is 11.3 Å². The van der Waals surface area contributed by atoms with Crippen molar-refractivity contribution in [2.45, 2.75) is 5.75 Å². The monoisotopic (exact) mass is 341 g/mol. The molecule has 0 aliphatic carbocycles. The van der Waals surface area contributed by atoms with Gasteiger partial charge in [0.2, 0.25) is 10.0 Å². The molecule has 0 aliphatic rings. The van der Waals surface area contributed by atoms with Gasteiger partial charge in [0.1, 0.15) is 5.75 Å². The van der Waals surface area contributed by atoms with Crippen LogP contribution < -0.4 is 9.46 Å². The lowest BCUT2D eigenvalue weighted by atomic mass is 10.2. The summed E-state index contributed by atoms with van der Waals surface area (Å²) in [6.07, 6.45) is 2.74. The van der Waals surface area contributed by atoms with Crippen molar-refractivity contribution < 1.29 is 13.2 Å². The number of nitrogens with zero attached hydrogens (tertiary/aromatic N) is 2. The number of ether oxygens (including phenoxy) is 1. The first-order valence-electron chi connectivity index (χ1n) is 7.20. The minimum absolute atomic E-state index is 0.115. The smallest absolute Gasteiger partial charge is 0.322 e. The molecule has 122 valence electrons. The van der Waals surface area contributed by atoms with Gasteiger partial charge in [-0.1, -0.05) is 48.5 Å². The molecule has 0 unspecified atom stereocenters. The van der Waals surface area contributed by atoms with Crippen molar-refractivity contribution in [1.29, 1.82) is 0 Å². The van der Waals surface area contributed by atoms with Crippen LogP contribution in [0.15, 0.2) is 73.1 Å². The Morgan fingerprint density at radius 2 is 1.46 bits per heavy atom. The number of para-hydroxylation sites is 1. The second kappa shape index (κ2) is 7.10. The highest BCUT2D eigenvalue weighted by Crippen LogP contribution is 2.18.